The highest BCUT2D eigenvalue weighted by atomic mass is 16.4. The Morgan fingerprint density at radius 2 is 0.857 bits per heavy atom. The molecule has 6 N–H and O–H groups in total. The minimum absolute atomic E-state index is 0.244. The Kier molecular flexibility index (Phi) is 9.51. The number of carboxylic acid groups (broad SMARTS) is 4. The van der Waals surface area contributed by atoms with Crippen LogP contribution in [-0.4, -0.2) is 54.5 Å². The van der Waals surface area contributed by atoms with Crippen LogP contribution in [0.25, 0.3) is 10.8 Å². The van der Waals surface area contributed by atoms with Crippen LogP contribution in [0.1, 0.15) is 13.8 Å². The zero-order chi connectivity index (χ0) is 22.0. The van der Waals surface area contributed by atoms with Gasteiger partial charge >= 0.3 is 23.9 Å². The lowest BCUT2D eigenvalue weighted by molar-refractivity contribution is -0.155. The predicted molar refractivity (Wildman–Crippen MR) is 96.1 cm³/mol. The molecule has 2 aromatic rings. The maximum atomic E-state index is 9.76. The quantitative estimate of drug-likeness (QED) is 0.416. The highest BCUT2D eigenvalue weighted by Crippen LogP contribution is 2.23. The molecular weight excluding hydrogens is 376 g/mol. The summed E-state index contributed by atoms with van der Waals surface area (Å²) in [6.45, 7) is 2.23. The SMILES string of the molecule is CC(C(=O)O)C(=O)O.CC(C(=O)O)C(=O)O.Oc1ccc2cc(O)ccc2c1. The van der Waals surface area contributed by atoms with E-state index in [-0.39, 0.29) is 11.5 Å². The van der Waals surface area contributed by atoms with Crippen molar-refractivity contribution in [3.63, 3.8) is 0 Å². The molecular formula is C18H20O10. The molecule has 0 aliphatic carbocycles. The first-order valence-corrected chi connectivity index (χ1v) is 7.69. The van der Waals surface area contributed by atoms with Gasteiger partial charge in [-0.05, 0) is 48.9 Å². The molecule has 0 heterocycles. The van der Waals surface area contributed by atoms with Crippen LogP contribution in [0, 0.1) is 11.8 Å². The van der Waals surface area contributed by atoms with Crippen molar-refractivity contribution in [1.82, 2.24) is 0 Å². The summed E-state index contributed by atoms with van der Waals surface area (Å²) in [5, 5.41) is 52.0. The Balaban J connectivity index is 0.000000408. The van der Waals surface area contributed by atoms with E-state index in [9.17, 15) is 19.2 Å². The number of aromatic hydroxyl groups is 2. The van der Waals surface area contributed by atoms with Crippen LogP contribution < -0.4 is 0 Å². The maximum absolute atomic E-state index is 9.76. The smallest absolute Gasteiger partial charge is 0.317 e. The number of hydrogen-bond acceptors (Lipinski definition) is 6. The summed E-state index contributed by atoms with van der Waals surface area (Å²) < 4.78 is 0. The third kappa shape index (κ3) is 8.52. The van der Waals surface area contributed by atoms with Crippen molar-refractivity contribution >= 4 is 34.6 Å². The summed E-state index contributed by atoms with van der Waals surface area (Å²) in [5.41, 5.74) is 0. The van der Waals surface area contributed by atoms with E-state index < -0.39 is 35.7 Å². The first-order valence-electron chi connectivity index (χ1n) is 7.69. The molecule has 0 bridgehead atoms. The van der Waals surface area contributed by atoms with E-state index in [2.05, 4.69) is 0 Å². The van der Waals surface area contributed by atoms with Crippen molar-refractivity contribution in [2.45, 2.75) is 13.8 Å². The fourth-order valence-electron chi connectivity index (χ4n) is 1.43. The summed E-state index contributed by atoms with van der Waals surface area (Å²) >= 11 is 0. The van der Waals surface area contributed by atoms with Crippen molar-refractivity contribution in [2.24, 2.45) is 11.8 Å². The molecule has 10 heteroatoms. The standard InChI is InChI=1S/C10H8O2.2C4H6O4/c11-9-3-1-7-5-10(12)4-2-8(7)6-9;2*1-2(3(5)6)4(7)8/h1-6,11-12H;2*2H,1H3,(H,5,6)(H,7,8). The van der Waals surface area contributed by atoms with E-state index in [1.807, 2.05) is 0 Å². The molecule has 0 saturated carbocycles. The van der Waals surface area contributed by atoms with Crippen LogP contribution >= 0.6 is 0 Å². The fraction of sp³-hybridized carbons (Fsp3) is 0.222. The lowest BCUT2D eigenvalue weighted by Gasteiger charge is -1.98. The number of hydrogen-bond donors (Lipinski definition) is 6. The largest absolute Gasteiger partial charge is 0.508 e. The third-order valence-corrected chi connectivity index (χ3v) is 3.29. The lowest BCUT2D eigenvalue weighted by atomic mass is 10.1. The second-order valence-corrected chi connectivity index (χ2v) is 5.51. The molecule has 2 rings (SSSR count). The Hall–Kier alpha value is -3.82. The Morgan fingerprint density at radius 1 is 0.607 bits per heavy atom. The average molecular weight is 396 g/mol. The minimum atomic E-state index is -1.31. The van der Waals surface area contributed by atoms with E-state index in [1.165, 1.54) is 0 Å². The van der Waals surface area contributed by atoms with Crippen LogP contribution in [0.4, 0.5) is 0 Å². The molecule has 152 valence electrons. The molecule has 0 aliphatic heterocycles. The van der Waals surface area contributed by atoms with Gasteiger partial charge in [-0.25, -0.2) is 0 Å². The van der Waals surface area contributed by atoms with Crippen LogP contribution in [0.2, 0.25) is 0 Å². The second kappa shape index (κ2) is 11.0. The maximum Gasteiger partial charge on any atom is 0.317 e. The highest BCUT2D eigenvalue weighted by molar-refractivity contribution is 5.92. The number of carboxylic acids is 4. The van der Waals surface area contributed by atoms with Crippen molar-refractivity contribution in [2.75, 3.05) is 0 Å². The number of phenols is 2. The summed E-state index contributed by atoms with van der Waals surface area (Å²) in [7, 11) is 0. The normalized spacial score (nSPS) is 9.71. The molecule has 0 aromatic heterocycles. The van der Waals surface area contributed by atoms with Crippen LogP contribution in [-0.2, 0) is 19.2 Å². The monoisotopic (exact) mass is 396 g/mol. The molecule has 0 saturated heterocycles. The Morgan fingerprint density at radius 3 is 1.04 bits per heavy atom. The van der Waals surface area contributed by atoms with Gasteiger partial charge in [0.25, 0.3) is 0 Å². The van der Waals surface area contributed by atoms with Gasteiger partial charge in [0, 0.05) is 0 Å². The van der Waals surface area contributed by atoms with Gasteiger partial charge in [0.1, 0.15) is 11.5 Å². The fourth-order valence-corrected chi connectivity index (χ4v) is 1.43. The van der Waals surface area contributed by atoms with E-state index in [0.717, 1.165) is 24.6 Å². The second-order valence-electron chi connectivity index (χ2n) is 5.51. The molecule has 0 aliphatic rings. The van der Waals surface area contributed by atoms with Gasteiger partial charge in [0.2, 0.25) is 0 Å². The summed E-state index contributed by atoms with van der Waals surface area (Å²) in [4.78, 5) is 39.0. The van der Waals surface area contributed by atoms with Gasteiger partial charge in [0.15, 0.2) is 11.8 Å². The van der Waals surface area contributed by atoms with Gasteiger partial charge in [-0.3, -0.25) is 19.2 Å². The molecule has 10 nitrogen and oxygen atoms in total. The molecule has 0 amide bonds. The first kappa shape index (κ1) is 24.2. The van der Waals surface area contributed by atoms with Crippen LogP contribution in [0.15, 0.2) is 36.4 Å². The molecule has 28 heavy (non-hydrogen) atoms. The van der Waals surface area contributed by atoms with E-state index >= 15 is 0 Å². The highest BCUT2D eigenvalue weighted by Gasteiger charge is 2.18. The summed E-state index contributed by atoms with van der Waals surface area (Å²) in [6.07, 6.45) is 0. The molecule has 0 fully saturated rings. The van der Waals surface area contributed by atoms with Crippen LogP contribution in [0.5, 0.6) is 11.5 Å². The zero-order valence-electron chi connectivity index (χ0n) is 14.9. The van der Waals surface area contributed by atoms with Crippen molar-refractivity contribution in [3.05, 3.63) is 36.4 Å². The zero-order valence-corrected chi connectivity index (χ0v) is 14.9. The van der Waals surface area contributed by atoms with Gasteiger partial charge in [0.05, 0.1) is 0 Å². The molecule has 0 spiro atoms. The number of benzene rings is 2. The van der Waals surface area contributed by atoms with Gasteiger partial charge in [-0.15, -0.1) is 0 Å². The van der Waals surface area contributed by atoms with E-state index in [1.54, 1.807) is 36.4 Å². The number of aliphatic carboxylic acids is 4. The van der Waals surface area contributed by atoms with Gasteiger partial charge in [-0.1, -0.05) is 12.1 Å². The Labute approximate surface area is 158 Å². The lowest BCUT2D eigenvalue weighted by Crippen LogP contribution is -2.19. The summed E-state index contributed by atoms with van der Waals surface area (Å²) in [6, 6.07) is 10.1. The minimum Gasteiger partial charge on any atom is -0.508 e. The van der Waals surface area contributed by atoms with E-state index in [4.69, 9.17) is 30.6 Å². The molecule has 0 atom stereocenters. The molecule has 0 radical (unpaired) electrons. The molecule has 0 unspecified atom stereocenters. The van der Waals surface area contributed by atoms with Crippen LogP contribution in [0.3, 0.4) is 0 Å². The first-order chi connectivity index (χ1) is 12.9. The number of fused-ring (bicyclic) bond motifs is 1. The third-order valence-electron chi connectivity index (χ3n) is 3.29. The number of phenolic OH excluding ortho intramolecular Hbond substituents is 2. The predicted octanol–water partition coefficient (Wildman–Crippen LogP) is 1.83. The van der Waals surface area contributed by atoms with Gasteiger partial charge < -0.3 is 30.6 Å². The number of carbonyl (C=O) groups is 4. The summed E-state index contributed by atoms with van der Waals surface area (Å²) in [5.74, 6) is -7.34. The topological polar surface area (TPSA) is 190 Å². The van der Waals surface area contributed by atoms with E-state index in [0.29, 0.717) is 0 Å². The number of rotatable bonds is 4. The van der Waals surface area contributed by atoms with Crippen molar-refractivity contribution in [3.8, 4) is 11.5 Å². The van der Waals surface area contributed by atoms with Crippen molar-refractivity contribution < 1.29 is 49.8 Å². The average Bonchev–Trinajstić information content (AvgIpc) is 2.61. The Bertz CT molecular complexity index is 759. The molecule has 2 aromatic carbocycles. The van der Waals surface area contributed by atoms with Gasteiger partial charge in [-0.2, -0.15) is 0 Å². The van der Waals surface area contributed by atoms with Crippen molar-refractivity contribution in [1.29, 1.82) is 0 Å².